The summed E-state index contributed by atoms with van der Waals surface area (Å²) in [6.07, 6.45) is 0. The Morgan fingerprint density at radius 1 is 1.20 bits per heavy atom. The summed E-state index contributed by atoms with van der Waals surface area (Å²) in [6, 6.07) is 15.7. The van der Waals surface area contributed by atoms with Gasteiger partial charge in [0, 0.05) is 17.9 Å². The lowest BCUT2D eigenvalue weighted by Crippen LogP contribution is -2.36. The molecule has 0 aromatic heterocycles. The highest BCUT2D eigenvalue weighted by Crippen LogP contribution is 2.33. The predicted molar refractivity (Wildman–Crippen MR) is 82.9 cm³/mol. The topological polar surface area (TPSA) is 50.8 Å². The molecule has 2 aromatic carbocycles. The highest BCUT2D eigenvalue weighted by Gasteiger charge is 2.18. The molecule has 3 rings (SSSR count). The minimum Gasteiger partial charge on any atom is -0.483 e. The number of anilines is 2. The van der Waals surface area contributed by atoms with E-state index in [1.807, 2.05) is 36.4 Å². The van der Waals surface area contributed by atoms with Gasteiger partial charge in [0.1, 0.15) is 23.9 Å². The molecule has 0 aliphatic carbocycles. The van der Waals surface area contributed by atoms with Gasteiger partial charge < -0.3 is 15.4 Å². The van der Waals surface area contributed by atoms with E-state index in [2.05, 4.69) is 24.0 Å². The van der Waals surface area contributed by atoms with Crippen LogP contribution in [0.3, 0.4) is 0 Å². The van der Waals surface area contributed by atoms with E-state index in [-0.39, 0.29) is 0 Å². The minimum atomic E-state index is 0.472. The van der Waals surface area contributed by atoms with Crippen molar-refractivity contribution in [1.29, 1.82) is 0 Å². The fraction of sp³-hybridized carbons (Fsp3) is 0.188. The van der Waals surface area contributed by atoms with Gasteiger partial charge in [-0.25, -0.2) is 4.99 Å². The zero-order chi connectivity index (χ0) is 13.9. The number of nitrogens with two attached hydrogens (primary N) is 1. The molecule has 0 spiro atoms. The van der Waals surface area contributed by atoms with Crippen molar-refractivity contribution in [3.8, 4) is 5.75 Å². The fourth-order valence-corrected chi connectivity index (χ4v) is 2.32. The molecule has 1 aliphatic rings. The molecule has 0 fully saturated rings. The Hall–Kier alpha value is -2.49. The van der Waals surface area contributed by atoms with Crippen LogP contribution in [0.25, 0.3) is 0 Å². The molecule has 0 unspecified atom stereocenters. The van der Waals surface area contributed by atoms with Crippen LogP contribution in [-0.2, 0) is 0 Å². The number of likely N-dealkylation sites (N-methyl/N-ethyl adjacent to an activating group) is 1. The summed E-state index contributed by atoms with van der Waals surface area (Å²) in [6.45, 7) is 3.41. The van der Waals surface area contributed by atoms with E-state index in [9.17, 15) is 0 Å². The molecule has 0 bridgehead atoms. The van der Waals surface area contributed by atoms with Crippen molar-refractivity contribution in [1.82, 2.24) is 0 Å². The Labute approximate surface area is 118 Å². The third-order valence-corrected chi connectivity index (χ3v) is 3.28. The van der Waals surface area contributed by atoms with Gasteiger partial charge in [-0.3, -0.25) is 0 Å². The zero-order valence-electron chi connectivity index (χ0n) is 11.4. The van der Waals surface area contributed by atoms with Gasteiger partial charge in [-0.2, -0.15) is 0 Å². The van der Waals surface area contributed by atoms with E-state index in [0.29, 0.717) is 12.3 Å². The molecule has 0 radical (unpaired) electrons. The van der Waals surface area contributed by atoms with Crippen molar-refractivity contribution < 1.29 is 4.74 Å². The Bertz CT molecular complexity index is 637. The summed E-state index contributed by atoms with van der Waals surface area (Å²) in [4.78, 5) is 6.84. The fourth-order valence-electron chi connectivity index (χ4n) is 2.32. The Morgan fingerprint density at radius 3 is 2.75 bits per heavy atom. The molecule has 1 heterocycles. The lowest BCUT2D eigenvalue weighted by Gasteiger charge is -2.27. The first kappa shape index (κ1) is 12.5. The molecular formula is C16H17N3O. The van der Waals surface area contributed by atoms with Gasteiger partial charge in [0.05, 0.1) is 0 Å². The highest BCUT2D eigenvalue weighted by molar-refractivity contribution is 6.01. The number of hydrogen-bond acceptors (Lipinski definition) is 4. The molecule has 0 saturated heterocycles. The SMILES string of the molecule is CCN(C1=Nc2cc(N)ccc2OC1)c1ccccc1. The maximum Gasteiger partial charge on any atom is 0.148 e. The Morgan fingerprint density at radius 2 is 2.00 bits per heavy atom. The van der Waals surface area contributed by atoms with Crippen LogP contribution in [0.4, 0.5) is 17.1 Å². The molecule has 0 saturated carbocycles. The van der Waals surface area contributed by atoms with Crippen LogP contribution in [-0.4, -0.2) is 19.0 Å². The second-order valence-corrected chi connectivity index (χ2v) is 4.62. The third kappa shape index (κ3) is 2.32. The number of para-hydroxylation sites is 1. The number of ether oxygens (including phenoxy) is 1. The van der Waals surface area contributed by atoms with Crippen LogP contribution >= 0.6 is 0 Å². The molecule has 2 aromatic rings. The van der Waals surface area contributed by atoms with E-state index in [0.717, 1.165) is 29.5 Å². The second-order valence-electron chi connectivity index (χ2n) is 4.62. The molecule has 102 valence electrons. The number of nitrogen functional groups attached to an aromatic ring is 1. The van der Waals surface area contributed by atoms with Gasteiger partial charge in [-0.05, 0) is 37.3 Å². The lowest BCUT2D eigenvalue weighted by molar-refractivity contribution is 0.370. The first-order chi connectivity index (χ1) is 9.78. The van der Waals surface area contributed by atoms with Crippen LogP contribution in [0, 0.1) is 0 Å². The van der Waals surface area contributed by atoms with E-state index >= 15 is 0 Å². The molecule has 20 heavy (non-hydrogen) atoms. The normalized spacial score (nSPS) is 13.2. The van der Waals surface area contributed by atoms with Gasteiger partial charge in [0.2, 0.25) is 0 Å². The van der Waals surface area contributed by atoms with Crippen molar-refractivity contribution >= 4 is 22.9 Å². The molecule has 4 nitrogen and oxygen atoms in total. The Kier molecular flexibility index (Phi) is 3.29. The van der Waals surface area contributed by atoms with Crippen molar-refractivity contribution in [2.24, 2.45) is 4.99 Å². The monoisotopic (exact) mass is 267 g/mol. The number of amidine groups is 1. The maximum absolute atomic E-state index is 5.81. The molecule has 0 amide bonds. The van der Waals surface area contributed by atoms with Crippen molar-refractivity contribution in [2.75, 3.05) is 23.8 Å². The van der Waals surface area contributed by atoms with Gasteiger partial charge in [-0.15, -0.1) is 0 Å². The summed E-state index contributed by atoms with van der Waals surface area (Å²) >= 11 is 0. The van der Waals surface area contributed by atoms with Crippen LogP contribution in [0.2, 0.25) is 0 Å². The van der Waals surface area contributed by atoms with E-state index < -0.39 is 0 Å². The molecular weight excluding hydrogens is 250 g/mol. The number of hydrogen-bond donors (Lipinski definition) is 1. The highest BCUT2D eigenvalue weighted by atomic mass is 16.5. The summed E-state index contributed by atoms with van der Waals surface area (Å²) < 4.78 is 5.77. The average Bonchev–Trinajstić information content (AvgIpc) is 2.49. The van der Waals surface area contributed by atoms with E-state index in [4.69, 9.17) is 15.5 Å². The number of benzene rings is 2. The Balaban J connectivity index is 1.98. The summed E-state index contributed by atoms with van der Waals surface area (Å²) in [5.74, 6) is 1.68. The van der Waals surface area contributed by atoms with E-state index in [1.165, 1.54) is 0 Å². The van der Waals surface area contributed by atoms with Gasteiger partial charge in [0.25, 0.3) is 0 Å². The largest absolute Gasteiger partial charge is 0.483 e. The van der Waals surface area contributed by atoms with Crippen LogP contribution < -0.4 is 15.4 Å². The molecule has 1 aliphatic heterocycles. The number of rotatable bonds is 2. The van der Waals surface area contributed by atoms with Crippen molar-refractivity contribution in [2.45, 2.75) is 6.92 Å². The predicted octanol–water partition coefficient (Wildman–Crippen LogP) is 3.22. The first-order valence-corrected chi connectivity index (χ1v) is 6.70. The number of nitrogens with zero attached hydrogens (tertiary/aromatic N) is 2. The molecule has 4 heteroatoms. The summed E-state index contributed by atoms with van der Waals surface area (Å²) in [7, 11) is 0. The van der Waals surface area contributed by atoms with Crippen molar-refractivity contribution in [3.05, 3.63) is 48.5 Å². The minimum absolute atomic E-state index is 0.472. The van der Waals surface area contributed by atoms with Gasteiger partial charge in [-0.1, -0.05) is 18.2 Å². The lowest BCUT2D eigenvalue weighted by atomic mass is 10.2. The quantitative estimate of drug-likeness (QED) is 0.850. The number of aliphatic imine (C=N–C) groups is 1. The van der Waals surface area contributed by atoms with Gasteiger partial charge >= 0.3 is 0 Å². The molecule has 0 atom stereocenters. The zero-order valence-corrected chi connectivity index (χ0v) is 11.4. The third-order valence-electron chi connectivity index (χ3n) is 3.28. The second kappa shape index (κ2) is 5.25. The smallest absolute Gasteiger partial charge is 0.148 e. The standard InChI is InChI=1S/C16H17N3O/c1-2-19(13-6-4-3-5-7-13)16-11-20-15-9-8-12(17)10-14(15)18-16/h3-10H,2,11,17H2,1H3. The molecule has 2 N–H and O–H groups in total. The van der Waals surface area contributed by atoms with Crippen LogP contribution in [0.15, 0.2) is 53.5 Å². The van der Waals surface area contributed by atoms with Crippen molar-refractivity contribution in [3.63, 3.8) is 0 Å². The summed E-state index contributed by atoms with van der Waals surface area (Å²) in [5, 5.41) is 0. The first-order valence-electron chi connectivity index (χ1n) is 6.70. The van der Waals surface area contributed by atoms with Gasteiger partial charge in [0.15, 0.2) is 0 Å². The van der Waals surface area contributed by atoms with E-state index in [1.54, 1.807) is 0 Å². The average molecular weight is 267 g/mol. The maximum atomic E-state index is 5.81. The van der Waals surface area contributed by atoms with Crippen LogP contribution in [0.5, 0.6) is 5.75 Å². The number of fused-ring (bicyclic) bond motifs is 1. The van der Waals surface area contributed by atoms with Crippen LogP contribution in [0.1, 0.15) is 6.92 Å². The summed E-state index contributed by atoms with van der Waals surface area (Å²) in [5.41, 5.74) is 8.41.